The first-order valence-electron chi connectivity index (χ1n) is 7.62. The molecule has 1 amide bonds. The highest BCUT2D eigenvalue weighted by Gasteiger charge is 2.21. The molecule has 0 fully saturated rings. The number of rotatable bonds is 5. The van der Waals surface area contributed by atoms with Gasteiger partial charge in [0.05, 0.1) is 10.2 Å². The number of anilines is 1. The van der Waals surface area contributed by atoms with Crippen molar-refractivity contribution in [3.8, 4) is 0 Å². The van der Waals surface area contributed by atoms with E-state index in [4.69, 9.17) is 0 Å². The van der Waals surface area contributed by atoms with Crippen LogP contribution in [-0.4, -0.2) is 43.0 Å². The van der Waals surface area contributed by atoms with E-state index in [1.54, 1.807) is 23.1 Å². The molecule has 132 valence electrons. The standard InChI is InChI=1S/C18H18FN3OS.ClH/c1-21(2)10-11-22(17(23)13-6-4-3-5-7-13)18-20-15-9-8-14(19)12-16(15)24-18;/h3-9,12H,10-11H2,1-2H3;1H. The third-order valence-electron chi connectivity index (χ3n) is 3.61. The number of hydrogen-bond acceptors (Lipinski definition) is 4. The average molecular weight is 380 g/mol. The van der Waals surface area contributed by atoms with Crippen molar-refractivity contribution in [3.63, 3.8) is 0 Å². The van der Waals surface area contributed by atoms with E-state index in [1.165, 1.54) is 23.5 Å². The summed E-state index contributed by atoms with van der Waals surface area (Å²) in [5, 5.41) is 0.589. The summed E-state index contributed by atoms with van der Waals surface area (Å²) < 4.78 is 14.2. The van der Waals surface area contributed by atoms with Gasteiger partial charge in [-0.3, -0.25) is 9.69 Å². The van der Waals surface area contributed by atoms with Gasteiger partial charge in [0.15, 0.2) is 5.13 Å². The lowest BCUT2D eigenvalue weighted by atomic mass is 10.2. The third-order valence-corrected chi connectivity index (χ3v) is 4.65. The van der Waals surface area contributed by atoms with E-state index in [-0.39, 0.29) is 24.1 Å². The van der Waals surface area contributed by atoms with E-state index in [0.29, 0.717) is 29.3 Å². The number of carbonyl (C=O) groups excluding carboxylic acids is 1. The molecule has 25 heavy (non-hydrogen) atoms. The first-order valence-corrected chi connectivity index (χ1v) is 8.44. The smallest absolute Gasteiger partial charge is 0.260 e. The number of hydrogen-bond donors (Lipinski definition) is 0. The molecule has 0 saturated carbocycles. The van der Waals surface area contributed by atoms with Gasteiger partial charge < -0.3 is 4.90 Å². The van der Waals surface area contributed by atoms with Gasteiger partial charge in [-0.15, -0.1) is 12.4 Å². The molecule has 1 heterocycles. The van der Waals surface area contributed by atoms with E-state index in [2.05, 4.69) is 4.98 Å². The first-order chi connectivity index (χ1) is 11.5. The number of nitrogens with zero attached hydrogens (tertiary/aromatic N) is 3. The number of aromatic nitrogens is 1. The van der Waals surface area contributed by atoms with Crippen LogP contribution in [0.4, 0.5) is 9.52 Å². The fourth-order valence-electron chi connectivity index (χ4n) is 2.32. The summed E-state index contributed by atoms with van der Waals surface area (Å²) in [7, 11) is 3.91. The predicted octanol–water partition coefficient (Wildman–Crippen LogP) is 4.07. The zero-order valence-corrected chi connectivity index (χ0v) is 15.6. The average Bonchev–Trinajstić information content (AvgIpc) is 2.98. The summed E-state index contributed by atoms with van der Waals surface area (Å²) in [6.45, 7) is 1.23. The second kappa shape index (κ2) is 8.38. The van der Waals surface area contributed by atoms with Crippen LogP contribution in [-0.2, 0) is 0 Å². The van der Waals surface area contributed by atoms with Crippen LogP contribution in [0, 0.1) is 5.82 Å². The van der Waals surface area contributed by atoms with E-state index < -0.39 is 0 Å². The Morgan fingerprint density at radius 3 is 2.52 bits per heavy atom. The topological polar surface area (TPSA) is 36.4 Å². The number of fused-ring (bicyclic) bond motifs is 1. The zero-order valence-electron chi connectivity index (χ0n) is 14.0. The molecule has 0 aliphatic carbocycles. The van der Waals surface area contributed by atoms with Crippen LogP contribution in [0.5, 0.6) is 0 Å². The molecular formula is C18H19ClFN3OS. The minimum atomic E-state index is -0.299. The Labute approximate surface area is 156 Å². The Morgan fingerprint density at radius 1 is 1.12 bits per heavy atom. The molecule has 0 aliphatic rings. The lowest BCUT2D eigenvalue weighted by molar-refractivity contribution is 0.0985. The summed E-state index contributed by atoms with van der Waals surface area (Å²) in [6.07, 6.45) is 0. The van der Waals surface area contributed by atoms with Gasteiger partial charge in [-0.05, 0) is 44.4 Å². The van der Waals surface area contributed by atoms with Crippen molar-refractivity contribution in [1.29, 1.82) is 0 Å². The molecule has 0 unspecified atom stereocenters. The Kier molecular flexibility index (Phi) is 6.47. The molecule has 0 atom stereocenters. The molecule has 4 nitrogen and oxygen atoms in total. The molecule has 3 rings (SSSR count). The van der Waals surface area contributed by atoms with Crippen LogP contribution >= 0.6 is 23.7 Å². The van der Waals surface area contributed by atoms with Crippen molar-refractivity contribution in [3.05, 3.63) is 59.9 Å². The van der Waals surface area contributed by atoms with Crippen LogP contribution < -0.4 is 4.90 Å². The number of amides is 1. The molecule has 1 aromatic heterocycles. The molecule has 0 radical (unpaired) electrons. The minimum Gasteiger partial charge on any atom is -0.308 e. The highest BCUT2D eigenvalue weighted by Crippen LogP contribution is 2.30. The maximum Gasteiger partial charge on any atom is 0.260 e. The maximum atomic E-state index is 13.4. The number of likely N-dealkylation sites (N-methyl/N-ethyl adjacent to an activating group) is 1. The van der Waals surface area contributed by atoms with Crippen molar-refractivity contribution in [2.24, 2.45) is 0 Å². The van der Waals surface area contributed by atoms with Gasteiger partial charge in [0, 0.05) is 18.7 Å². The molecular weight excluding hydrogens is 361 g/mol. The van der Waals surface area contributed by atoms with E-state index in [0.717, 1.165) is 4.70 Å². The van der Waals surface area contributed by atoms with Crippen LogP contribution in [0.3, 0.4) is 0 Å². The SMILES string of the molecule is CN(C)CCN(C(=O)c1ccccc1)c1nc2ccc(F)cc2s1.Cl. The Bertz CT molecular complexity index is 854. The molecule has 0 aliphatic heterocycles. The van der Waals surface area contributed by atoms with Crippen molar-refractivity contribution in [1.82, 2.24) is 9.88 Å². The van der Waals surface area contributed by atoms with Crippen LogP contribution in [0.15, 0.2) is 48.5 Å². The van der Waals surface area contributed by atoms with Gasteiger partial charge in [-0.2, -0.15) is 0 Å². The molecule has 7 heteroatoms. The molecule has 0 saturated heterocycles. The van der Waals surface area contributed by atoms with E-state index >= 15 is 0 Å². The molecule has 0 N–H and O–H groups in total. The maximum absolute atomic E-state index is 13.4. The second-order valence-electron chi connectivity index (χ2n) is 5.73. The molecule has 2 aromatic carbocycles. The largest absolute Gasteiger partial charge is 0.308 e. The quantitative estimate of drug-likeness (QED) is 0.670. The summed E-state index contributed by atoms with van der Waals surface area (Å²) >= 11 is 1.33. The van der Waals surface area contributed by atoms with Crippen molar-refractivity contribution in [2.75, 3.05) is 32.1 Å². The van der Waals surface area contributed by atoms with E-state index in [9.17, 15) is 9.18 Å². The Hall–Kier alpha value is -2.02. The molecule has 0 bridgehead atoms. The van der Waals surface area contributed by atoms with Gasteiger partial charge in [0.2, 0.25) is 0 Å². The predicted molar refractivity (Wildman–Crippen MR) is 103 cm³/mol. The second-order valence-corrected chi connectivity index (χ2v) is 6.74. The Balaban J connectivity index is 0.00000225. The first kappa shape index (κ1) is 19.3. The van der Waals surface area contributed by atoms with Crippen molar-refractivity contribution in [2.45, 2.75) is 0 Å². The fraction of sp³-hybridized carbons (Fsp3) is 0.222. The summed E-state index contributed by atoms with van der Waals surface area (Å²) in [5.74, 6) is -0.399. The van der Waals surface area contributed by atoms with Gasteiger partial charge >= 0.3 is 0 Å². The highest BCUT2D eigenvalue weighted by molar-refractivity contribution is 7.22. The lowest BCUT2D eigenvalue weighted by Gasteiger charge is -2.22. The number of benzene rings is 2. The van der Waals surface area contributed by atoms with Gasteiger partial charge in [0.1, 0.15) is 5.82 Å². The summed E-state index contributed by atoms with van der Waals surface area (Å²) in [4.78, 5) is 21.1. The summed E-state index contributed by atoms with van der Waals surface area (Å²) in [5.41, 5.74) is 1.31. The van der Waals surface area contributed by atoms with E-state index in [1.807, 2.05) is 37.2 Å². The number of halogens is 2. The van der Waals surface area contributed by atoms with Crippen molar-refractivity contribution < 1.29 is 9.18 Å². The van der Waals surface area contributed by atoms with Gasteiger partial charge in [0.25, 0.3) is 5.91 Å². The zero-order chi connectivity index (χ0) is 17.1. The molecule has 3 aromatic rings. The van der Waals surface area contributed by atoms with Crippen LogP contribution in [0.1, 0.15) is 10.4 Å². The van der Waals surface area contributed by atoms with Gasteiger partial charge in [-0.1, -0.05) is 29.5 Å². The van der Waals surface area contributed by atoms with Crippen LogP contribution in [0.25, 0.3) is 10.2 Å². The van der Waals surface area contributed by atoms with Gasteiger partial charge in [-0.25, -0.2) is 9.37 Å². The normalized spacial score (nSPS) is 10.7. The monoisotopic (exact) mass is 379 g/mol. The van der Waals surface area contributed by atoms with Crippen LogP contribution in [0.2, 0.25) is 0 Å². The molecule has 0 spiro atoms. The minimum absolute atomic E-state index is 0. The Morgan fingerprint density at radius 2 is 1.84 bits per heavy atom. The lowest BCUT2D eigenvalue weighted by Crippen LogP contribution is -2.36. The summed E-state index contributed by atoms with van der Waals surface area (Å²) in [6, 6.07) is 13.6. The van der Waals surface area contributed by atoms with Crippen molar-refractivity contribution >= 4 is 45.0 Å². The highest BCUT2D eigenvalue weighted by atomic mass is 35.5. The number of thiazole rings is 1. The third kappa shape index (κ3) is 4.54. The fourth-order valence-corrected chi connectivity index (χ4v) is 3.34. The number of carbonyl (C=O) groups is 1.